The van der Waals surface area contributed by atoms with Crippen LogP contribution in [0.4, 0.5) is 8.78 Å². The van der Waals surface area contributed by atoms with Crippen LogP contribution in [0.1, 0.15) is 15.2 Å². The Labute approximate surface area is 66.0 Å². The SMILES string of the molecule is C=Cc1c(F)csc1C(=O)F. The Morgan fingerprint density at radius 2 is 2.36 bits per heavy atom. The number of thiophene rings is 1. The maximum absolute atomic E-state index is 12.6. The molecule has 58 valence electrons. The van der Waals surface area contributed by atoms with Crippen molar-refractivity contribution in [1.82, 2.24) is 0 Å². The number of halogens is 2. The minimum absolute atomic E-state index is 0.0532. The van der Waals surface area contributed by atoms with Crippen LogP contribution in [0.3, 0.4) is 0 Å². The van der Waals surface area contributed by atoms with Gasteiger partial charge in [0.2, 0.25) is 0 Å². The Balaban J connectivity index is 3.26. The molecule has 0 unspecified atom stereocenters. The molecule has 4 heteroatoms. The van der Waals surface area contributed by atoms with Crippen molar-refractivity contribution in [2.45, 2.75) is 0 Å². The summed E-state index contributed by atoms with van der Waals surface area (Å²) in [6, 6.07) is -1.62. The summed E-state index contributed by atoms with van der Waals surface area (Å²) in [5.41, 5.74) is -0.0532. The van der Waals surface area contributed by atoms with E-state index < -0.39 is 11.9 Å². The predicted molar refractivity (Wildman–Crippen MR) is 39.8 cm³/mol. The van der Waals surface area contributed by atoms with Crippen LogP contribution in [0.5, 0.6) is 0 Å². The number of rotatable bonds is 2. The van der Waals surface area contributed by atoms with Crippen molar-refractivity contribution in [3.05, 3.63) is 28.2 Å². The van der Waals surface area contributed by atoms with Gasteiger partial charge in [-0.25, -0.2) is 4.39 Å². The number of carbonyl (C=O) groups is 1. The normalized spacial score (nSPS) is 9.64. The fraction of sp³-hybridized carbons (Fsp3) is 0. The van der Waals surface area contributed by atoms with Gasteiger partial charge in [0, 0.05) is 10.9 Å². The van der Waals surface area contributed by atoms with Crippen molar-refractivity contribution in [2.75, 3.05) is 0 Å². The van der Waals surface area contributed by atoms with Crippen molar-refractivity contribution in [1.29, 1.82) is 0 Å². The van der Waals surface area contributed by atoms with Crippen LogP contribution in [0, 0.1) is 5.82 Å². The quantitative estimate of drug-likeness (QED) is 0.630. The minimum Gasteiger partial charge on any atom is -0.254 e. The zero-order valence-corrected chi connectivity index (χ0v) is 6.25. The second-order valence-corrected chi connectivity index (χ2v) is 2.68. The smallest absolute Gasteiger partial charge is 0.254 e. The lowest BCUT2D eigenvalue weighted by Crippen LogP contribution is -1.88. The van der Waals surface area contributed by atoms with E-state index in [0.29, 0.717) is 0 Å². The van der Waals surface area contributed by atoms with E-state index in [1.54, 1.807) is 0 Å². The van der Waals surface area contributed by atoms with Crippen molar-refractivity contribution in [2.24, 2.45) is 0 Å². The second-order valence-electron chi connectivity index (χ2n) is 1.80. The van der Waals surface area contributed by atoms with Crippen molar-refractivity contribution in [3.8, 4) is 0 Å². The van der Waals surface area contributed by atoms with Gasteiger partial charge in [-0.3, -0.25) is 4.79 Å². The summed E-state index contributed by atoms with van der Waals surface area (Å²) in [4.78, 5) is 9.94. The third-order valence-electron chi connectivity index (χ3n) is 1.16. The van der Waals surface area contributed by atoms with E-state index in [9.17, 15) is 13.6 Å². The van der Waals surface area contributed by atoms with Crippen molar-refractivity contribution >= 4 is 23.4 Å². The molecule has 0 saturated carbocycles. The van der Waals surface area contributed by atoms with Gasteiger partial charge in [-0.2, -0.15) is 4.39 Å². The molecular formula is C7H4F2OS. The van der Waals surface area contributed by atoms with Gasteiger partial charge in [0.05, 0.1) is 0 Å². The van der Waals surface area contributed by atoms with Crippen molar-refractivity contribution < 1.29 is 13.6 Å². The lowest BCUT2D eigenvalue weighted by atomic mass is 10.2. The molecule has 0 radical (unpaired) electrons. The summed E-state index contributed by atoms with van der Waals surface area (Å²) in [5, 5.41) is 1.07. The highest BCUT2D eigenvalue weighted by Gasteiger charge is 2.14. The minimum atomic E-state index is -1.62. The zero-order valence-electron chi connectivity index (χ0n) is 5.43. The Bertz CT molecular complexity index is 303. The first kappa shape index (κ1) is 8.07. The molecule has 1 heterocycles. The highest BCUT2D eigenvalue weighted by atomic mass is 32.1. The van der Waals surface area contributed by atoms with E-state index in [1.807, 2.05) is 0 Å². The summed E-state index contributed by atoms with van der Waals surface area (Å²) in [6.45, 7) is 3.25. The molecule has 1 nitrogen and oxygen atoms in total. The van der Waals surface area contributed by atoms with E-state index in [0.717, 1.165) is 22.8 Å². The van der Waals surface area contributed by atoms with Crippen LogP contribution in [-0.4, -0.2) is 6.04 Å². The largest absolute Gasteiger partial charge is 0.342 e. The van der Waals surface area contributed by atoms with Gasteiger partial charge in [0.1, 0.15) is 10.7 Å². The van der Waals surface area contributed by atoms with Crippen LogP contribution in [0.15, 0.2) is 12.0 Å². The first-order valence-corrected chi connectivity index (χ1v) is 3.64. The molecule has 0 aliphatic heterocycles. The van der Waals surface area contributed by atoms with Crippen LogP contribution < -0.4 is 0 Å². The predicted octanol–water partition coefficient (Wildman–Crippen LogP) is 2.64. The zero-order chi connectivity index (χ0) is 8.43. The first-order valence-electron chi connectivity index (χ1n) is 2.76. The number of carbonyl (C=O) groups excluding carboxylic acids is 1. The van der Waals surface area contributed by atoms with E-state index in [2.05, 4.69) is 6.58 Å². The average molecular weight is 174 g/mol. The van der Waals surface area contributed by atoms with E-state index in [-0.39, 0.29) is 10.4 Å². The Morgan fingerprint density at radius 3 is 2.73 bits per heavy atom. The third kappa shape index (κ3) is 1.35. The van der Waals surface area contributed by atoms with E-state index >= 15 is 0 Å². The maximum Gasteiger partial charge on any atom is 0.342 e. The molecule has 1 aromatic heterocycles. The average Bonchev–Trinajstić information content (AvgIpc) is 2.30. The van der Waals surface area contributed by atoms with Gasteiger partial charge in [-0.05, 0) is 0 Å². The monoisotopic (exact) mass is 174 g/mol. The van der Waals surface area contributed by atoms with Gasteiger partial charge in [-0.15, -0.1) is 11.3 Å². The van der Waals surface area contributed by atoms with Crippen LogP contribution >= 0.6 is 11.3 Å². The molecule has 1 aromatic rings. The third-order valence-corrected chi connectivity index (χ3v) is 2.11. The Morgan fingerprint density at radius 1 is 1.73 bits per heavy atom. The van der Waals surface area contributed by atoms with Gasteiger partial charge < -0.3 is 0 Å². The molecule has 0 amide bonds. The summed E-state index contributed by atoms with van der Waals surface area (Å²) in [5.74, 6) is -0.606. The molecule has 0 fully saturated rings. The Kier molecular flexibility index (Phi) is 2.14. The van der Waals surface area contributed by atoms with Crippen LogP contribution in [-0.2, 0) is 0 Å². The molecule has 0 bridgehead atoms. The highest BCUT2D eigenvalue weighted by molar-refractivity contribution is 7.12. The summed E-state index contributed by atoms with van der Waals surface area (Å²) in [6.07, 6.45) is 1.12. The molecule has 0 aliphatic rings. The summed E-state index contributed by atoms with van der Waals surface area (Å²) >= 11 is 0.738. The highest BCUT2D eigenvalue weighted by Crippen LogP contribution is 2.22. The molecular weight excluding hydrogens is 170 g/mol. The topological polar surface area (TPSA) is 17.1 Å². The number of hydrogen-bond donors (Lipinski definition) is 0. The maximum atomic E-state index is 12.6. The van der Waals surface area contributed by atoms with Gasteiger partial charge in [-0.1, -0.05) is 12.7 Å². The molecule has 0 aliphatic carbocycles. The molecule has 0 saturated heterocycles. The molecule has 0 aromatic carbocycles. The number of hydrogen-bond acceptors (Lipinski definition) is 2. The van der Waals surface area contributed by atoms with E-state index in [1.165, 1.54) is 0 Å². The van der Waals surface area contributed by atoms with Crippen molar-refractivity contribution in [3.63, 3.8) is 0 Å². The standard InChI is InChI=1S/C7H4F2OS/c1-2-4-5(8)3-11-6(4)7(9)10/h2-3H,1H2. The van der Waals surface area contributed by atoms with Gasteiger partial charge in [0.25, 0.3) is 0 Å². The lowest BCUT2D eigenvalue weighted by molar-refractivity contribution is 0.0840. The molecule has 11 heavy (non-hydrogen) atoms. The molecule has 0 atom stereocenters. The van der Waals surface area contributed by atoms with E-state index in [4.69, 9.17) is 0 Å². The summed E-state index contributed by atoms with van der Waals surface area (Å²) in [7, 11) is 0. The van der Waals surface area contributed by atoms with Crippen LogP contribution in [0.25, 0.3) is 6.08 Å². The molecule has 1 rings (SSSR count). The summed E-state index contributed by atoms with van der Waals surface area (Å²) < 4.78 is 24.6. The molecule has 0 N–H and O–H groups in total. The second kappa shape index (κ2) is 2.92. The van der Waals surface area contributed by atoms with Gasteiger partial charge in [0.15, 0.2) is 0 Å². The first-order chi connectivity index (χ1) is 5.16. The molecule has 0 spiro atoms. The van der Waals surface area contributed by atoms with Crippen LogP contribution in [0.2, 0.25) is 0 Å². The Hall–Kier alpha value is -1.03. The van der Waals surface area contributed by atoms with Gasteiger partial charge >= 0.3 is 6.04 Å². The fourth-order valence-electron chi connectivity index (χ4n) is 0.688. The lowest BCUT2D eigenvalue weighted by Gasteiger charge is -1.88. The fourth-order valence-corrected chi connectivity index (χ4v) is 1.44.